The summed E-state index contributed by atoms with van der Waals surface area (Å²) in [4.78, 5) is 0. The van der Waals surface area contributed by atoms with Crippen molar-refractivity contribution in [1.29, 1.82) is 0 Å². The van der Waals surface area contributed by atoms with Crippen molar-refractivity contribution in [2.45, 2.75) is 26.7 Å². The summed E-state index contributed by atoms with van der Waals surface area (Å²) < 4.78 is 0. The molecular weight excluding hydrogens is 300 g/mol. The SMILES string of the molecule is Cc1cc(NC(=S)Nc2ccc(Cl)cc2)ccc1C(C)C. The first kappa shape index (κ1) is 15.8. The van der Waals surface area contributed by atoms with Gasteiger partial charge in [0, 0.05) is 16.4 Å². The van der Waals surface area contributed by atoms with Crippen LogP contribution in [-0.4, -0.2) is 5.11 Å². The van der Waals surface area contributed by atoms with Gasteiger partial charge in [-0.15, -0.1) is 0 Å². The molecule has 0 atom stereocenters. The van der Waals surface area contributed by atoms with E-state index in [0.717, 1.165) is 11.4 Å². The normalized spacial score (nSPS) is 10.5. The second-order valence-electron chi connectivity index (χ2n) is 5.31. The van der Waals surface area contributed by atoms with E-state index in [1.54, 1.807) is 0 Å². The van der Waals surface area contributed by atoms with Crippen molar-refractivity contribution in [3.8, 4) is 0 Å². The van der Waals surface area contributed by atoms with Crippen LogP contribution in [0.15, 0.2) is 42.5 Å². The predicted molar refractivity (Wildman–Crippen MR) is 96.6 cm³/mol. The summed E-state index contributed by atoms with van der Waals surface area (Å²) >= 11 is 11.2. The van der Waals surface area contributed by atoms with Crippen LogP contribution >= 0.6 is 23.8 Å². The van der Waals surface area contributed by atoms with Crippen molar-refractivity contribution in [3.63, 3.8) is 0 Å². The molecule has 0 aliphatic carbocycles. The molecule has 4 heteroatoms. The number of anilines is 2. The summed E-state index contributed by atoms with van der Waals surface area (Å²) in [7, 11) is 0. The zero-order valence-electron chi connectivity index (χ0n) is 12.4. The van der Waals surface area contributed by atoms with Gasteiger partial charge in [0.1, 0.15) is 0 Å². The molecule has 2 aromatic rings. The van der Waals surface area contributed by atoms with E-state index in [1.807, 2.05) is 24.3 Å². The molecule has 0 aromatic heterocycles. The van der Waals surface area contributed by atoms with Crippen LogP contribution in [0.4, 0.5) is 11.4 Å². The minimum atomic E-state index is 0.526. The Labute approximate surface area is 136 Å². The van der Waals surface area contributed by atoms with Gasteiger partial charge in [-0.2, -0.15) is 0 Å². The van der Waals surface area contributed by atoms with Gasteiger partial charge in [-0.05, 0) is 72.6 Å². The number of benzene rings is 2. The van der Waals surface area contributed by atoms with E-state index >= 15 is 0 Å². The van der Waals surface area contributed by atoms with E-state index < -0.39 is 0 Å². The van der Waals surface area contributed by atoms with E-state index in [9.17, 15) is 0 Å². The standard InChI is InChI=1S/C17H19ClN2S/c1-11(2)16-9-8-15(10-12(16)3)20-17(21)19-14-6-4-13(18)5-7-14/h4-11H,1-3H3,(H2,19,20,21). The lowest BCUT2D eigenvalue weighted by molar-refractivity contribution is 0.857. The number of rotatable bonds is 3. The smallest absolute Gasteiger partial charge is 0.175 e. The van der Waals surface area contributed by atoms with Gasteiger partial charge in [-0.25, -0.2) is 0 Å². The number of thiocarbonyl (C=S) groups is 1. The van der Waals surface area contributed by atoms with E-state index in [2.05, 4.69) is 49.6 Å². The van der Waals surface area contributed by atoms with Crippen LogP contribution in [0, 0.1) is 6.92 Å². The van der Waals surface area contributed by atoms with Crippen LogP contribution in [0.2, 0.25) is 5.02 Å². The predicted octanol–water partition coefficient (Wildman–Crippen LogP) is 5.58. The largest absolute Gasteiger partial charge is 0.332 e. The van der Waals surface area contributed by atoms with Gasteiger partial charge in [0.15, 0.2) is 5.11 Å². The maximum atomic E-state index is 5.86. The fourth-order valence-corrected chi connectivity index (χ4v) is 2.59. The van der Waals surface area contributed by atoms with Gasteiger partial charge in [-0.1, -0.05) is 31.5 Å². The van der Waals surface area contributed by atoms with Crippen LogP contribution in [-0.2, 0) is 0 Å². The summed E-state index contributed by atoms with van der Waals surface area (Å²) in [5, 5.41) is 7.61. The molecule has 0 aliphatic rings. The average Bonchev–Trinajstić information content (AvgIpc) is 2.41. The van der Waals surface area contributed by atoms with Crippen molar-refractivity contribution in [3.05, 3.63) is 58.6 Å². The maximum Gasteiger partial charge on any atom is 0.175 e. The number of halogens is 1. The molecule has 0 saturated heterocycles. The Hall–Kier alpha value is -1.58. The quantitative estimate of drug-likeness (QED) is 0.722. The van der Waals surface area contributed by atoms with E-state index in [0.29, 0.717) is 16.1 Å². The Bertz CT molecular complexity index is 636. The molecule has 0 fully saturated rings. The first-order chi connectivity index (χ1) is 9.95. The number of nitrogens with one attached hydrogen (secondary N) is 2. The third-order valence-electron chi connectivity index (χ3n) is 3.25. The van der Waals surface area contributed by atoms with Gasteiger partial charge in [0.25, 0.3) is 0 Å². The van der Waals surface area contributed by atoms with Crippen LogP contribution in [0.25, 0.3) is 0 Å². The number of aryl methyl sites for hydroxylation is 1. The summed E-state index contributed by atoms with van der Waals surface area (Å²) in [5.41, 5.74) is 4.53. The number of hydrogen-bond donors (Lipinski definition) is 2. The molecule has 21 heavy (non-hydrogen) atoms. The lowest BCUT2D eigenvalue weighted by Crippen LogP contribution is -2.19. The Morgan fingerprint density at radius 2 is 1.57 bits per heavy atom. The fourth-order valence-electron chi connectivity index (χ4n) is 2.23. The monoisotopic (exact) mass is 318 g/mol. The summed E-state index contributed by atoms with van der Waals surface area (Å²) in [6.45, 7) is 6.51. The minimum absolute atomic E-state index is 0.526. The molecule has 0 amide bonds. The Balaban J connectivity index is 2.02. The lowest BCUT2D eigenvalue weighted by Gasteiger charge is -2.14. The molecule has 0 bridgehead atoms. The van der Waals surface area contributed by atoms with Crippen molar-refractivity contribution >= 4 is 40.3 Å². The highest BCUT2D eigenvalue weighted by Gasteiger charge is 2.05. The van der Waals surface area contributed by atoms with E-state index in [1.165, 1.54) is 11.1 Å². The summed E-state index contributed by atoms with van der Waals surface area (Å²) in [5.74, 6) is 0.526. The van der Waals surface area contributed by atoms with Gasteiger partial charge < -0.3 is 10.6 Å². The van der Waals surface area contributed by atoms with Gasteiger partial charge >= 0.3 is 0 Å². The van der Waals surface area contributed by atoms with Crippen LogP contribution < -0.4 is 10.6 Å². The third kappa shape index (κ3) is 4.45. The third-order valence-corrected chi connectivity index (χ3v) is 3.71. The molecule has 2 N–H and O–H groups in total. The molecule has 0 saturated carbocycles. The fraction of sp³-hybridized carbons (Fsp3) is 0.235. The number of hydrogen-bond acceptors (Lipinski definition) is 1. The molecule has 2 aromatic carbocycles. The Morgan fingerprint density at radius 1 is 1.00 bits per heavy atom. The molecule has 110 valence electrons. The molecule has 0 aliphatic heterocycles. The molecular formula is C17H19ClN2S. The van der Waals surface area contributed by atoms with Crippen molar-refractivity contribution in [2.75, 3.05) is 10.6 Å². The van der Waals surface area contributed by atoms with Gasteiger partial charge in [0.05, 0.1) is 0 Å². The molecule has 0 spiro atoms. The zero-order valence-corrected chi connectivity index (χ0v) is 14.0. The maximum absolute atomic E-state index is 5.86. The average molecular weight is 319 g/mol. The molecule has 0 radical (unpaired) electrons. The van der Waals surface area contributed by atoms with Crippen molar-refractivity contribution in [2.24, 2.45) is 0 Å². The topological polar surface area (TPSA) is 24.1 Å². The minimum Gasteiger partial charge on any atom is -0.332 e. The van der Waals surface area contributed by atoms with Gasteiger partial charge in [0.2, 0.25) is 0 Å². The highest BCUT2D eigenvalue weighted by atomic mass is 35.5. The molecule has 0 heterocycles. The van der Waals surface area contributed by atoms with Gasteiger partial charge in [-0.3, -0.25) is 0 Å². The van der Waals surface area contributed by atoms with E-state index in [-0.39, 0.29) is 0 Å². The molecule has 0 unspecified atom stereocenters. The first-order valence-electron chi connectivity index (χ1n) is 6.90. The summed E-state index contributed by atoms with van der Waals surface area (Å²) in [6, 6.07) is 13.8. The Kier molecular flexibility index (Phi) is 5.21. The van der Waals surface area contributed by atoms with E-state index in [4.69, 9.17) is 23.8 Å². The van der Waals surface area contributed by atoms with Crippen LogP contribution in [0.1, 0.15) is 30.9 Å². The van der Waals surface area contributed by atoms with Crippen LogP contribution in [0.3, 0.4) is 0 Å². The molecule has 2 nitrogen and oxygen atoms in total. The second-order valence-corrected chi connectivity index (χ2v) is 6.16. The highest BCUT2D eigenvalue weighted by molar-refractivity contribution is 7.80. The van der Waals surface area contributed by atoms with Crippen LogP contribution in [0.5, 0.6) is 0 Å². The summed E-state index contributed by atoms with van der Waals surface area (Å²) in [6.07, 6.45) is 0. The molecule has 2 rings (SSSR count). The van der Waals surface area contributed by atoms with Crippen molar-refractivity contribution < 1.29 is 0 Å². The zero-order chi connectivity index (χ0) is 15.4. The Morgan fingerprint density at radius 3 is 2.14 bits per heavy atom. The highest BCUT2D eigenvalue weighted by Crippen LogP contribution is 2.22. The lowest BCUT2D eigenvalue weighted by atomic mass is 9.98. The first-order valence-corrected chi connectivity index (χ1v) is 7.68. The van der Waals surface area contributed by atoms with Crippen molar-refractivity contribution in [1.82, 2.24) is 0 Å². The second kappa shape index (κ2) is 6.92.